The number of carbonyl (C=O) groups excluding carboxylic acids is 2. The Balaban J connectivity index is 2.31. The summed E-state index contributed by atoms with van der Waals surface area (Å²) in [6.45, 7) is 0. The second-order valence-electron chi connectivity index (χ2n) is 4.27. The van der Waals surface area contributed by atoms with E-state index in [2.05, 4.69) is 10.1 Å². The summed E-state index contributed by atoms with van der Waals surface area (Å²) >= 11 is 11.7. The molecule has 0 heterocycles. The van der Waals surface area contributed by atoms with Gasteiger partial charge in [-0.15, -0.1) is 0 Å². The van der Waals surface area contributed by atoms with Crippen LogP contribution in [0, 0.1) is 0 Å². The number of methoxy groups -OCH3 is 1. The standard InChI is InChI=1S/C15H11Cl2NO4/c1-22-15(21)10-3-2-4-12(13(10)19)18-14(20)9-6-5-8(16)7-11(9)17/h2-7,19H,1H3,(H,18,20). The normalized spacial score (nSPS) is 10.1. The number of carbonyl (C=O) groups is 2. The fourth-order valence-electron chi connectivity index (χ4n) is 1.78. The molecule has 0 saturated heterocycles. The van der Waals surface area contributed by atoms with E-state index in [0.29, 0.717) is 5.02 Å². The Labute approximate surface area is 136 Å². The monoisotopic (exact) mass is 339 g/mol. The van der Waals surface area contributed by atoms with E-state index in [4.69, 9.17) is 23.2 Å². The fourth-order valence-corrected chi connectivity index (χ4v) is 2.28. The Morgan fingerprint density at radius 1 is 1.14 bits per heavy atom. The summed E-state index contributed by atoms with van der Waals surface area (Å²) in [4.78, 5) is 23.7. The van der Waals surface area contributed by atoms with Gasteiger partial charge in [0.05, 0.1) is 23.4 Å². The number of phenols is 1. The van der Waals surface area contributed by atoms with E-state index >= 15 is 0 Å². The third-order valence-corrected chi connectivity index (χ3v) is 3.41. The Bertz CT molecular complexity index is 746. The highest BCUT2D eigenvalue weighted by Crippen LogP contribution is 2.29. The number of amides is 1. The number of phenolic OH excluding ortho intramolecular Hbond substituents is 1. The first kappa shape index (κ1) is 16.1. The summed E-state index contributed by atoms with van der Waals surface area (Å²) in [7, 11) is 1.19. The molecule has 114 valence electrons. The third-order valence-electron chi connectivity index (χ3n) is 2.87. The summed E-state index contributed by atoms with van der Waals surface area (Å²) in [6, 6.07) is 8.75. The van der Waals surface area contributed by atoms with Crippen LogP contribution in [0.1, 0.15) is 20.7 Å². The number of hydrogen-bond donors (Lipinski definition) is 2. The summed E-state index contributed by atoms with van der Waals surface area (Å²) < 4.78 is 4.55. The lowest BCUT2D eigenvalue weighted by Gasteiger charge is -2.11. The Kier molecular flexibility index (Phi) is 4.90. The first-order valence-corrected chi connectivity index (χ1v) is 6.86. The molecule has 2 aromatic carbocycles. The van der Waals surface area contributed by atoms with Crippen molar-refractivity contribution in [3.63, 3.8) is 0 Å². The van der Waals surface area contributed by atoms with Crippen molar-refractivity contribution in [1.82, 2.24) is 0 Å². The molecule has 1 amide bonds. The van der Waals surface area contributed by atoms with Gasteiger partial charge >= 0.3 is 5.97 Å². The van der Waals surface area contributed by atoms with E-state index < -0.39 is 11.9 Å². The minimum Gasteiger partial charge on any atom is -0.505 e. The van der Waals surface area contributed by atoms with Crippen LogP contribution in [0.5, 0.6) is 5.75 Å². The van der Waals surface area contributed by atoms with Crippen molar-refractivity contribution in [3.05, 3.63) is 57.6 Å². The van der Waals surface area contributed by atoms with E-state index in [1.807, 2.05) is 0 Å². The molecule has 0 aliphatic rings. The Morgan fingerprint density at radius 3 is 2.50 bits per heavy atom. The van der Waals surface area contributed by atoms with Crippen LogP contribution in [0.15, 0.2) is 36.4 Å². The smallest absolute Gasteiger partial charge is 0.341 e. The third kappa shape index (κ3) is 3.32. The molecule has 0 fully saturated rings. The molecule has 0 atom stereocenters. The van der Waals surface area contributed by atoms with Crippen LogP contribution in [0.25, 0.3) is 0 Å². The van der Waals surface area contributed by atoms with Crippen LogP contribution < -0.4 is 5.32 Å². The van der Waals surface area contributed by atoms with Crippen molar-refractivity contribution < 1.29 is 19.4 Å². The van der Waals surface area contributed by atoms with E-state index in [0.717, 1.165) is 0 Å². The zero-order chi connectivity index (χ0) is 16.3. The summed E-state index contributed by atoms with van der Waals surface area (Å²) in [5.41, 5.74) is 0.204. The highest BCUT2D eigenvalue weighted by Gasteiger charge is 2.17. The van der Waals surface area contributed by atoms with Crippen molar-refractivity contribution >= 4 is 40.8 Å². The van der Waals surface area contributed by atoms with Gasteiger partial charge in [0.2, 0.25) is 0 Å². The van der Waals surface area contributed by atoms with E-state index in [1.165, 1.54) is 43.5 Å². The van der Waals surface area contributed by atoms with Gasteiger partial charge in [0.15, 0.2) is 5.75 Å². The van der Waals surface area contributed by atoms with Gasteiger partial charge in [-0.1, -0.05) is 29.3 Å². The van der Waals surface area contributed by atoms with Crippen LogP contribution >= 0.6 is 23.2 Å². The summed E-state index contributed by atoms with van der Waals surface area (Å²) in [5, 5.41) is 13.1. The summed E-state index contributed by atoms with van der Waals surface area (Å²) in [5.74, 6) is -1.63. The molecule has 2 N–H and O–H groups in total. The average molecular weight is 340 g/mol. The number of para-hydroxylation sites is 1. The van der Waals surface area contributed by atoms with Gasteiger partial charge in [0.1, 0.15) is 5.56 Å². The minimum atomic E-state index is -0.710. The van der Waals surface area contributed by atoms with Gasteiger partial charge in [-0.2, -0.15) is 0 Å². The number of aromatic hydroxyl groups is 1. The fraction of sp³-hybridized carbons (Fsp3) is 0.0667. The van der Waals surface area contributed by atoms with Crippen molar-refractivity contribution in [2.75, 3.05) is 12.4 Å². The molecule has 0 saturated carbocycles. The molecule has 0 aliphatic carbocycles. The first-order valence-electron chi connectivity index (χ1n) is 6.10. The zero-order valence-electron chi connectivity index (χ0n) is 11.4. The molecule has 2 rings (SSSR count). The second kappa shape index (κ2) is 6.68. The number of nitrogens with one attached hydrogen (secondary N) is 1. The number of ether oxygens (including phenoxy) is 1. The van der Waals surface area contributed by atoms with Gasteiger partial charge in [-0.3, -0.25) is 4.79 Å². The molecule has 2 aromatic rings. The van der Waals surface area contributed by atoms with Crippen LogP contribution in [-0.2, 0) is 4.74 Å². The molecule has 5 nitrogen and oxygen atoms in total. The molecule has 7 heteroatoms. The van der Waals surface area contributed by atoms with E-state index in [-0.39, 0.29) is 27.6 Å². The molecule has 0 radical (unpaired) electrons. The van der Waals surface area contributed by atoms with Gasteiger partial charge in [0.25, 0.3) is 5.91 Å². The maximum Gasteiger partial charge on any atom is 0.341 e. The van der Waals surface area contributed by atoms with Crippen molar-refractivity contribution in [1.29, 1.82) is 0 Å². The maximum atomic E-state index is 12.2. The van der Waals surface area contributed by atoms with Crippen LogP contribution in [0.2, 0.25) is 10.0 Å². The van der Waals surface area contributed by atoms with Gasteiger partial charge < -0.3 is 15.2 Å². The first-order chi connectivity index (χ1) is 10.4. The quantitative estimate of drug-likeness (QED) is 0.659. The SMILES string of the molecule is COC(=O)c1cccc(NC(=O)c2ccc(Cl)cc2Cl)c1O. The molecular weight excluding hydrogens is 329 g/mol. The average Bonchev–Trinajstić information content (AvgIpc) is 2.48. The number of rotatable bonds is 3. The molecule has 0 spiro atoms. The number of hydrogen-bond acceptors (Lipinski definition) is 4. The van der Waals surface area contributed by atoms with Crippen LogP contribution in [-0.4, -0.2) is 24.1 Å². The highest BCUT2D eigenvalue weighted by molar-refractivity contribution is 6.37. The minimum absolute atomic E-state index is 0.0532. The Hall–Kier alpha value is -2.24. The van der Waals surface area contributed by atoms with Gasteiger partial charge in [-0.05, 0) is 30.3 Å². The molecular formula is C15H11Cl2NO4. The van der Waals surface area contributed by atoms with Crippen LogP contribution in [0.3, 0.4) is 0 Å². The second-order valence-corrected chi connectivity index (χ2v) is 5.12. The summed E-state index contributed by atoms with van der Waals surface area (Å²) in [6.07, 6.45) is 0. The lowest BCUT2D eigenvalue weighted by molar-refractivity contribution is 0.0597. The van der Waals surface area contributed by atoms with Crippen molar-refractivity contribution in [2.24, 2.45) is 0 Å². The van der Waals surface area contributed by atoms with E-state index in [1.54, 1.807) is 0 Å². The highest BCUT2D eigenvalue weighted by atomic mass is 35.5. The maximum absolute atomic E-state index is 12.2. The number of benzene rings is 2. The molecule has 22 heavy (non-hydrogen) atoms. The lowest BCUT2D eigenvalue weighted by Crippen LogP contribution is -2.13. The zero-order valence-corrected chi connectivity index (χ0v) is 12.9. The predicted octanol–water partition coefficient (Wildman–Crippen LogP) is 3.74. The number of anilines is 1. The Morgan fingerprint density at radius 2 is 1.86 bits per heavy atom. The van der Waals surface area contributed by atoms with Crippen molar-refractivity contribution in [3.8, 4) is 5.75 Å². The van der Waals surface area contributed by atoms with Crippen molar-refractivity contribution in [2.45, 2.75) is 0 Å². The number of esters is 1. The lowest BCUT2D eigenvalue weighted by atomic mass is 10.1. The molecule has 0 aromatic heterocycles. The van der Waals surface area contributed by atoms with E-state index in [9.17, 15) is 14.7 Å². The predicted molar refractivity (Wildman–Crippen MR) is 83.9 cm³/mol. The molecule has 0 aliphatic heterocycles. The molecule has 0 unspecified atom stereocenters. The van der Waals surface area contributed by atoms with Gasteiger partial charge in [-0.25, -0.2) is 4.79 Å². The van der Waals surface area contributed by atoms with Crippen LogP contribution in [0.4, 0.5) is 5.69 Å². The van der Waals surface area contributed by atoms with Gasteiger partial charge in [0, 0.05) is 5.02 Å². The number of halogens is 2. The molecule has 0 bridgehead atoms. The topological polar surface area (TPSA) is 75.6 Å². The largest absolute Gasteiger partial charge is 0.505 e.